The third-order valence-electron chi connectivity index (χ3n) is 4.38. The minimum Gasteiger partial charge on any atom is -0.352 e. The SMILES string of the molecule is C=C/C(C)=C/C(=C)CNC(=O)Cc1nc2ccc(/C(C=C)=C/C(=C\C)SC)cc2s1. The van der Waals surface area contributed by atoms with Crippen LogP contribution in [-0.2, 0) is 11.2 Å². The molecule has 0 atom stereocenters. The smallest absolute Gasteiger partial charge is 0.227 e. The van der Waals surface area contributed by atoms with Crippen LogP contribution in [0.1, 0.15) is 24.4 Å². The number of nitrogens with one attached hydrogen (secondary N) is 1. The van der Waals surface area contributed by atoms with Crippen molar-refractivity contribution in [3.63, 3.8) is 0 Å². The van der Waals surface area contributed by atoms with Gasteiger partial charge in [0.1, 0.15) is 5.01 Å². The lowest BCUT2D eigenvalue weighted by Crippen LogP contribution is -2.26. The van der Waals surface area contributed by atoms with Gasteiger partial charge in [0.05, 0.1) is 16.6 Å². The topological polar surface area (TPSA) is 42.0 Å². The van der Waals surface area contributed by atoms with E-state index in [1.165, 1.54) is 4.91 Å². The first kappa shape index (κ1) is 23.6. The van der Waals surface area contributed by atoms with E-state index in [1.807, 2.05) is 38.1 Å². The summed E-state index contributed by atoms with van der Waals surface area (Å²) in [6.45, 7) is 16.0. The summed E-state index contributed by atoms with van der Waals surface area (Å²) >= 11 is 3.25. The molecule has 1 aromatic carbocycles. The number of hydrogen-bond donors (Lipinski definition) is 1. The molecule has 1 heterocycles. The van der Waals surface area contributed by atoms with Crippen LogP contribution in [0, 0.1) is 0 Å². The van der Waals surface area contributed by atoms with Gasteiger partial charge < -0.3 is 5.32 Å². The van der Waals surface area contributed by atoms with Crippen LogP contribution in [0.15, 0.2) is 84.4 Å². The van der Waals surface area contributed by atoms with Crippen LogP contribution in [0.4, 0.5) is 0 Å². The summed E-state index contributed by atoms with van der Waals surface area (Å²) < 4.78 is 1.06. The second-order valence-corrected chi connectivity index (χ2v) is 8.69. The summed E-state index contributed by atoms with van der Waals surface area (Å²) in [5.41, 5.74) is 4.91. The van der Waals surface area contributed by atoms with Crippen LogP contribution >= 0.6 is 23.1 Å². The fourth-order valence-corrected chi connectivity index (χ4v) is 4.23. The van der Waals surface area contributed by atoms with E-state index in [0.717, 1.165) is 37.5 Å². The van der Waals surface area contributed by atoms with E-state index in [-0.39, 0.29) is 12.3 Å². The largest absolute Gasteiger partial charge is 0.352 e. The average molecular weight is 437 g/mol. The molecule has 1 aromatic heterocycles. The Hall–Kier alpha value is -2.63. The molecule has 0 aliphatic carbocycles. The molecule has 1 amide bonds. The van der Waals surface area contributed by atoms with Gasteiger partial charge in [0, 0.05) is 11.4 Å². The first-order chi connectivity index (χ1) is 14.4. The van der Waals surface area contributed by atoms with Crippen molar-refractivity contribution in [3.8, 4) is 0 Å². The molecular formula is C25H28N2OS2. The number of hydrogen-bond acceptors (Lipinski definition) is 4. The highest BCUT2D eigenvalue weighted by Gasteiger charge is 2.10. The lowest BCUT2D eigenvalue weighted by atomic mass is 10.1. The van der Waals surface area contributed by atoms with Crippen molar-refractivity contribution in [2.24, 2.45) is 0 Å². The zero-order chi connectivity index (χ0) is 22.1. The Kier molecular flexibility index (Phi) is 9.09. The number of aromatic nitrogens is 1. The van der Waals surface area contributed by atoms with E-state index in [9.17, 15) is 4.79 Å². The fourth-order valence-electron chi connectivity index (χ4n) is 2.74. The van der Waals surface area contributed by atoms with Crippen molar-refractivity contribution in [2.45, 2.75) is 20.3 Å². The molecule has 0 fully saturated rings. The highest BCUT2D eigenvalue weighted by molar-refractivity contribution is 8.02. The highest BCUT2D eigenvalue weighted by Crippen LogP contribution is 2.28. The Bertz CT molecular complexity index is 1050. The number of carbonyl (C=O) groups is 1. The van der Waals surface area contributed by atoms with E-state index in [2.05, 4.69) is 54.5 Å². The van der Waals surface area contributed by atoms with Crippen molar-refractivity contribution in [1.82, 2.24) is 10.3 Å². The van der Waals surface area contributed by atoms with Gasteiger partial charge in [-0.2, -0.15) is 0 Å². The van der Waals surface area contributed by atoms with Gasteiger partial charge >= 0.3 is 0 Å². The van der Waals surface area contributed by atoms with Crippen molar-refractivity contribution in [1.29, 1.82) is 0 Å². The maximum absolute atomic E-state index is 12.3. The second kappa shape index (κ2) is 11.5. The summed E-state index contributed by atoms with van der Waals surface area (Å²) in [6, 6.07) is 6.16. The zero-order valence-corrected chi connectivity index (χ0v) is 19.5. The molecule has 3 nitrogen and oxygen atoms in total. The van der Waals surface area contributed by atoms with Crippen molar-refractivity contribution >= 4 is 44.8 Å². The molecule has 0 aliphatic rings. The van der Waals surface area contributed by atoms with Crippen molar-refractivity contribution in [3.05, 3.63) is 94.9 Å². The summed E-state index contributed by atoms with van der Waals surface area (Å²) in [7, 11) is 0. The number of amides is 1. The number of allylic oxidation sites excluding steroid dienone is 6. The molecule has 0 spiro atoms. The molecule has 2 rings (SSSR count). The van der Waals surface area contributed by atoms with Gasteiger partial charge in [0.25, 0.3) is 0 Å². The van der Waals surface area contributed by atoms with Gasteiger partial charge in [-0.3, -0.25) is 4.79 Å². The molecule has 1 N–H and O–H groups in total. The molecule has 0 saturated heterocycles. The fraction of sp³-hybridized carbons (Fsp3) is 0.200. The van der Waals surface area contributed by atoms with Crippen molar-refractivity contribution < 1.29 is 4.79 Å². The van der Waals surface area contributed by atoms with Gasteiger partial charge in [-0.25, -0.2) is 4.98 Å². The van der Waals surface area contributed by atoms with E-state index >= 15 is 0 Å². The molecule has 0 radical (unpaired) electrons. The third-order valence-corrected chi connectivity index (χ3v) is 6.23. The minimum absolute atomic E-state index is 0.0653. The van der Waals surface area contributed by atoms with Crippen LogP contribution < -0.4 is 5.32 Å². The predicted octanol–water partition coefficient (Wildman–Crippen LogP) is 6.48. The summed E-state index contributed by atoms with van der Waals surface area (Å²) in [5, 5.41) is 3.69. The quantitative estimate of drug-likeness (QED) is 0.433. The third kappa shape index (κ3) is 6.71. The molecule has 156 valence electrons. The van der Waals surface area contributed by atoms with E-state index in [4.69, 9.17) is 0 Å². The standard InChI is InChI=1S/C25H28N2OS2/c1-7-17(4)12-18(5)16-26-24(28)15-25-27-22-11-10-20(14-23(22)30-25)19(8-2)13-21(9-3)29-6/h7-14H,1-2,5,15-16H2,3-4,6H3,(H,26,28)/b17-12+,19-13+,21-9+. The van der Waals surface area contributed by atoms with E-state index in [1.54, 1.807) is 29.2 Å². The molecule has 2 aromatic rings. The van der Waals surface area contributed by atoms with Crippen LogP contribution in [-0.4, -0.2) is 23.7 Å². The Morgan fingerprint density at radius 3 is 2.67 bits per heavy atom. The van der Waals surface area contributed by atoms with Gasteiger partial charge in [0.15, 0.2) is 0 Å². The number of thiazole rings is 1. The maximum Gasteiger partial charge on any atom is 0.227 e. The lowest BCUT2D eigenvalue weighted by Gasteiger charge is -2.04. The molecule has 0 unspecified atom stereocenters. The van der Waals surface area contributed by atoms with Crippen LogP contribution in [0.3, 0.4) is 0 Å². The van der Waals surface area contributed by atoms with E-state index < -0.39 is 0 Å². The normalized spacial score (nSPS) is 12.7. The Morgan fingerprint density at radius 2 is 2.03 bits per heavy atom. The highest BCUT2D eigenvalue weighted by atomic mass is 32.2. The number of rotatable bonds is 10. The average Bonchev–Trinajstić information content (AvgIpc) is 3.14. The van der Waals surface area contributed by atoms with Crippen LogP contribution in [0.5, 0.6) is 0 Å². The van der Waals surface area contributed by atoms with E-state index in [0.29, 0.717) is 6.54 Å². The number of fused-ring (bicyclic) bond motifs is 1. The van der Waals surface area contributed by atoms with Crippen LogP contribution in [0.25, 0.3) is 15.8 Å². The number of carbonyl (C=O) groups excluding carboxylic acids is 1. The Balaban J connectivity index is 2.12. The van der Waals surface area contributed by atoms with Gasteiger partial charge in [0.2, 0.25) is 5.91 Å². The first-order valence-corrected chi connectivity index (χ1v) is 11.6. The Labute approximate surface area is 187 Å². The monoisotopic (exact) mass is 436 g/mol. The first-order valence-electron chi connectivity index (χ1n) is 9.59. The summed E-state index contributed by atoms with van der Waals surface area (Å²) in [6.07, 6.45) is 12.1. The summed E-state index contributed by atoms with van der Waals surface area (Å²) in [5.74, 6) is -0.0653. The predicted molar refractivity (Wildman–Crippen MR) is 135 cm³/mol. The summed E-state index contributed by atoms with van der Waals surface area (Å²) in [4.78, 5) is 18.1. The molecule has 0 aliphatic heterocycles. The molecule has 0 saturated carbocycles. The number of thioether (sulfide) groups is 1. The zero-order valence-electron chi connectivity index (χ0n) is 17.8. The molecule has 5 heteroatoms. The molecule has 30 heavy (non-hydrogen) atoms. The van der Waals surface area contributed by atoms with Crippen LogP contribution in [0.2, 0.25) is 0 Å². The van der Waals surface area contributed by atoms with Gasteiger partial charge in [-0.15, -0.1) is 23.1 Å². The number of benzene rings is 1. The second-order valence-electron chi connectivity index (χ2n) is 6.69. The van der Waals surface area contributed by atoms with Crippen molar-refractivity contribution in [2.75, 3.05) is 12.8 Å². The van der Waals surface area contributed by atoms with Gasteiger partial charge in [-0.1, -0.05) is 55.7 Å². The lowest BCUT2D eigenvalue weighted by molar-refractivity contribution is -0.120. The maximum atomic E-state index is 12.3. The molecular weight excluding hydrogens is 408 g/mol. The minimum atomic E-state index is -0.0653. The molecule has 0 bridgehead atoms. The number of nitrogens with zero attached hydrogens (tertiary/aromatic N) is 1. The van der Waals surface area contributed by atoms with Gasteiger partial charge in [-0.05, 0) is 55.0 Å². The Morgan fingerprint density at radius 1 is 1.27 bits per heavy atom.